The minimum atomic E-state index is 0.198. The molecule has 2 fully saturated rings. The fourth-order valence-electron chi connectivity index (χ4n) is 3.95. The van der Waals surface area contributed by atoms with Crippen LogP contribution >= 0.6 is 0 Å². The summed E-state index contributed by atoms with van der Waals surface area (Å²) in [4.78, 5) is 19.5. The molecule has 3 rings (SSSR count). The number of piperazine rings is 1. The van der Waals surface area contributed by atoms with Crippen LogP contribution in [0.2, 0.25) is 0 Å². The molecule has 0 spiro atoms. The van der Waals surface area contributed by atoms with E-state index in [1.807, 2.05) is 18.0 Å². The van der Waals surface area contributed by atoms with Crippen LogP contribution < -0.4 is 0 Å². The largest absolute Gasteiger partial charge is 0.341 e. The van der Waals surface area contributed by atoms with Crippen molar-refractivity contribution in [1.29, 1.82) is 0 Å². The van der Waals surface area contributed by atoms with Gasteiger partial charge in [-0.3, -0.25) is 14.4 Å². The summed E-state index contributed by atoms with van der Waals surface area (Å²) in [6, 6.07) is 0.629. The number of aryl methyl sites for hydroxylation is 1. The molecule has 0 N–H and O–H groups in total. The molecule has 2 saturated heterocycles. The van der Waals surface area contributed by atoms with Gasteiger partial charge < -0.3 is 9.80 Å². The number of hydrogen-bond donors (Lipinski definition) is 0. The summed E-state index contributed by atoms with van der Waals surface area (Å²) in [5.74, 6) is 0.910. The van der Waals surface area contributed by atoms with E-state index in [1.54, 1.807) is 10.9 Å². The number of hydrogen-bond acceptors (Lipinski definition) is 4. The minimum Gasteiger partial charge on any atom is -0.341 e. The lowest BCUT2D eigenvalue weighted by Gasteiger charge is -2.42. The van der Waals surface area contributed by atoms with Crippen LogP contribution in [0.15, 0.2) is 12.4 Å². The van der Waals surface area contributed by atoms with Crippen molar-refractivity contribution >= 4 is 5.91 Å². The second-order valence-electron chi connectivity index (χ2n) is 7.51. The Morgan fingerprint density at radius 2 is 1.88 bits per heavy atom. The van der Waals surface area contributed by atoms with Crippen LogP contribution in [-0.2, 0) is 11.3 Å². The van der Waals surface area contributed by atoms with Crippen molar-refractivity contribution < 1.29 is 4.79 Å². The van der Waals surface area contributed by atoms with Gasteiger partial charge in [0.15, 0.2) is 0 Å². The van der Waals surface area contributed by atoms with E-state index in [9.17, 15) is 4.79 Å². The zero-order chi connectivity index (χ0) is 17.1. The number of nitrogens with zero attached hydrogens (tertiary/aromatic N) is 5. The Kier molecular flexibility index (Phi) is 5.56. The van der Waals surface area contributed by atoms with E-state index in [4.69, 9.17) is 0 Å². The third-order valence-corrected chi connectivity index (χ3v) is 5.75. The number of likely N-dealkylation sites (tertiary alicyclic amines) is 1. The first-order chi connectivity index (χ1) is 11.5. The molecule has 1 aromatic heterocycles. The Morgan fingerprint density at radius 3 is 2.46 bits per heavy atom. The van der Waals surface area contributed by atoms with E-state index < -0.39 is 0 Å². The van der Waals surface area contributed by atoms with Gasteiger partial charge in [0.05, 0.1) is 6.20 Å². The van der Waals surface area contributed by atoms with Gasteiger partial charge in [0, 0.05) is 51.5 Å². The van der Waals surface area contributed by atoms with E-state index in [0.717, 1.165) is 31.5 Å². The smallest absolute Gasteiger partial charge is 0.244 e. The van der Waals surface area contributed by atoms with Gasteiger partial charge >= 0.3 is 0 Å². The van der Waals surface area contributed by atoms with Crippen LogP contribution in [0.25, 0.3) is 0 Å². The highest BCUT2D eigenvalue weighted by atomic mass is 16.2. The van der Waals surface area contributed by atoms with Crippen molar-refractivity contribution in [3.05, 3.63) is 18.0 Å². The molecule has 0 bridgehead atoms. The number of rotatable bonds is 4. The lowest BCUT2D eigenvalue weighted by atomic mass is 9.89. The van der Waals surface area contributed by atoms with Crippen molar-refractivity contribution in [2.75, 3.05) is 46.3 Å². The third-order valence-electron chi connectivity index (χ3n) is 5.75. The number of amides is 1. The number of piperidine rings is 1. The highest BCUT2D eigenvalue weighted by Crippen LogP contribution is 2.25. The van der Waals surface area contributed by atoms with Crippen LogP contribution in [0.4, 0.5) is 0 Å². The van der Waals surface area contributed by atoms with E-state index in [-0.39, 0.29) is 5.91 Å². The van der Waals surface area contributed by atoms with E-state index in [1.165, 1.54) is 26.2 Å². The quantitative estimate of drug-likeness (QED) is 0.827. The van der Waals surface area contributed by atoms with Crippen molar-refractivity contribution in [3.8, 4) is 0 Å². The molecule has 6 heteroatoms. The van der Waals surface area contributed by atoms with Gasteiger partial charge in [-0.15, -0.1) is 0 Å². The van der Waals surface area contributed by atoms with Crippen LogP contribution in [0.1, 0.15) is 25.3 Å². The molecule has 24 heavy (non-hydrogen) atoms. The molecule has 1 unspecified atom stereocenters. The predicted octanol–water partition coefficient (Wildman–Crippen LogP) is 1.07. The molecule has 1 amide bonds. The standard InChI is InChI=1S/C18H31N5O/c1-15-12-19-23(13-15)14-18(24)22-6-4-17(5-7-22)16(2)21-10-8-20(3)9-11-21/h12-13,16-17H,4-11,14H2,1-3H3. The molecule has 2 aliphatic rings. The maximum Gasteiger partial charge on any atom is 0.244 e. The molecular formula is C18H31N5O. The molecule has 0 aromatic carbocycles. The number of carbonyl (C=O) groups is 1. The van der Waals surface area contributed by atoms with Gasteiger partial charge in [0.1, 0.15) is 6.54 Å². The summed E-state index contributed by atoms with van der Waals surface area (Å²) >= 11 is 0. The van der Waals surface area contributed by atoms with Crippen LogP contribution in [0, 0.1) is 12.8 Å². The molecule has 6 nitrogen and oxygen atoms in total. The van der Waals surface area contributed by atoms with Crippen molar-refractivity contribution in [1.82, 2.24) is 24.5 Å². The maximum atomic E-state index is 12.4. The fourth-order valence-corrected chi connectivity index (χ4v) is 3.95. The first-order valence-electron chi connectivity index (χ1n) is 9.22. The molecule has 0 saturated carbocycles. The van der Waals surface area contributed by atoms with E-state index in [2.05, 4.69) is 28.9 Å². The molecule has 1 atom stereocenters. The minimum absolute atomic E-state index is 0.198. The average molecular weight is 333 g/mol. The molecule has 0 radical (unpaired) electrons. The Hall–Kier alpha value is -1.40. The van der Waals surface area contributed by atoms with Crippen molar-refractivity contribution in [3.63, 3.8) is 0 Å². The summed E-state index contributed by atoms with van der Waals surface area (Å²) in [7, 11) is 2.20. The van der Waals surface area contributed by atoms with E-state index in [0.29, 0.717) is 18.5 Å². The Balaban J connectivity index is 1.45. The van der Waals surface area contributed by atoms with Gasteiger partial charge in [-0.25, -0.2) is 0 Å². The number of aromatic nitrogens is 2. The topological polar surface area (TPSA) is 44.6 Å². The molecule has 0 aliphatic carbocycles. The Labute approximate surface area is 145 Å². The first-order valence-corrected chi connectivity index (χ1v) is 9.22. The Bertz CT molecular complexity index is 541. The first kappa shape index (κ1) is 17.4. The summed E-state index contributed by atoms with van der Waals surface area (Å²) < 4.78 is 1.75. The second-order valence-corrected chi connectivity index (χ2v) is 7.51. The number of likely N-dealkylation sites (N-methyl/N-ethyl adjacent to an activating group) is 1. The fraction of sp³-hybridized carbons (Fsp3) is 0.778. The van der Waals surface area contributed by atoms with Crippen LogP contribution in [0.5, 0.6) is 0 Å². The second kappa shape index (κ2) is 7.66. The zero-order valence-electron chi connectivity index (χ0n) is 15.3. The average Bonchev–Trinajstić information content (AvgIpc) is 3.00. The highest BCUT2D eigenvalue weighted by Gasteiger charge is 2.30. The molecule has 134 valence electrons. The predicted molar refractivity (Wildman–Crippen MR) is 94.8 cm³/mol. The van der Waals surface area contributed by atoms with Gasteiger partial charge in [-0.1, -0.05) is 0 Å². The summed E-state index contributed by atoms with van der Waals surface area (Å²) in [5.41, 5.74) is 1.10. The molecular weight excluding hydrogens is 302 g/mol. The summed E-state index contributed by atoms with van der Waals surface area (Å²) in [5, 5.41) is 4.22. The lowest BCUT2D eigenvalue weighted by molar-refractivity contribution is -0.133. The van der Waals surface area contributed by atoms with Gasteiger partial charge in [-0.2, -0.15) is 5.10 Å². The van der Waals surface area contributed by atoms with Gasteiger partial charge in [-0.05, 0) is 45.2 Å². The SMILES string of the molecule is Cc1cnn(CC(=O)N2CCC(C(C)N3CCN(C)CC3)CC2)c1. The maximum absolute atomic E-state index is 12.4. The molecule has 3 heterocycles. The summed E-state index contributed by atoms with van der Waals surface area (Å²) in [6.45, 7) is 11.2. The normalized spacial score (nSPS) is 22.7. The van der Waals surface area contributed by atoms with E-state index >= 15 is 0 Å². The Morgan fingerprint density at radius 1 is 1.21 bits per heavy atom. The van der Waals surface area contributed by atoms with Crippen LogP contribution in [-0.4, -0.2) is 82.7 Å². The summed E-state index contributed by atoms with van der Waals surface area (Å²) in [6.07, 6.45) is 5.98. The van der Waals surface area contributed by atoms with Crippen LogP contribution in [0.3, 0.4) is 0 Å². The van der Waals surface area contributed by atoms with Crippen molar-refractivity contribution in [2.45, 2.75) is 39.3 Å². The zero-order valence-corrected chi connectivity index (χ0v) is 15.3. The van der Waals surface area contributed by atoms with Gasteiger partial charge in [0.2, 0.25) is 5.91 Å². The molecule has 1 aromatic rings. The third kappa shape index (κ3) is 4.16. The molecule has 2 aliphatic heterocycles. The van der Waals surface area contributed by atoms with Crippen molar-refractivity contribution in [2.24, 2.45) is 5.92 Å². The highest BCUT2D eigenvalue weighted by molar-refractivity contribution is 5.76. The monoisotopic (exact) mass is 333 g/mol. The van der Waals surface area contributed by atoms with Gasteiger partial charge in [0.25, 0.3) is 0 Å². The number of carbonyl (C=O) groups excluding carboxylic acids is 1. The lowest BCUT2D eigenvalue weighted by Crippen LogP contribution is -2.52.